The van der Waals surface area contributed by atoms with Gasteiger partial charge in [0.05, 0.1) is 19.1 Å². The number of rotatable bonds is 10. The normalized spacial score (nSPS) is 11.2. The number of unbranched alkanes of at least 4 members (excludes halogenated alkanes) is 4. The van der Waals surface area contributed by atoms with Crippen molar-refractivity contribution in [3.8, 4) is 6.07 Å². The number of carbonyl (C=O) groups excluding carboxylic acids is 3. The Morgan fingerprint density at radius 2 is 1.87 bits per heavy atom. The van der Waals surface area contributed by atoms with E-state index in [4.69, 9.17) is 5.26 Å². The van der Waals surface area contributed by atoms with Crippen LogP contribution in [0.15, 0.2) is 35.8 Å². The number of hydrogen-bond acceptors (Lipinski definition) is 7. The van der Waals surface area contributed by atoms with E-state index in [-0.39, 0.29) is 11.8 Å². The molecule has 158 valence electrons. The van der Waals surface area contributed by atoms with Gasteiger partial charge in [-0.05, 0) is 30.5 Å². The van der Waals surface area contributed by atoms with Crippen molar-refractivity contribution >= 4 is 39.9 Å². The Morgan fingerprint density at radius 1 is 1.13 bits per heavy atom. The number of nitrogens with zero attached hydrogens (tertiary/aromatic N) is 2. The molecule has 0 aliphatic rings. The van der Waals surface area contributed by atoms with Crippen LogP contribution in [0.5, 0.6) is 0 Å². The largest absolute Gasteiger partial charge is 0.462 e. The number of methoxy groups -OCH3 is 1. The Bertz CT molecular complexity index is 875. The molecule has 2 aromatic rings. The molecule has 1 heterocycles. The molecule has 2 rings (SSSR count). The fourth-order valence-corrected chi connectivity index (χ4v) is 3.44. The predicted octanol–water partition coefficient (Wildman–Crippen LogP) is 3.84. The Balaban J connectivity index is 2.04. The predicted molar refractivity (Wildman–Crippen MR) is 114 cm³/mol. The molecule has 0 aliphatic heterocycles. The van der Waals surface area contributed by atoms with Gasteiger partial charge in [-0.2, -0.15) is 5.26 Å². The van der Waals surface area contributed by atoms with Gasteiger partial charge in [0.15, 0.2) is 5.13 Å². The van der Waals surface area contributed by atoms with Crippen LogP contribution in [0.4, 0.5) is 10.8 Å². The Hall–Kier alpha value is -3.25. The molecule has 0 spiro atoms. The number of thiazole rings is 1. The summed E-state index contributed by atoms with van der Waals surface area (Å²) in [5.41, 5.74) is 1.24. The molecule has 2 amide bonds. The molecule has 2 N–H and O–H groups in total. The van der Waals surface area contributed by atoms with Gasteiger partial charge in [-0.15, -0.1) is 11.3 Å². The number of benzene rings is 1. The second-order valence-electron chi connectivity index (χ2n) is 6.56. The number of esters is 1. The standard InChI is InChI=1S/C21H24N4O4S/c1-29-20(28)19(27)24-16-10-8-15(9-11-16)17(7-5-3-2-4-6-12-22)18(26)25-21-23-13-14-30-21/h8-11,13-14,17H,2-7H2,1H3,(H,24,27)(H,23,25,26). The molecular formula is C21H24N4O4S. The molecule has 1 unspecified atom stereocenters. The van der Waals surface area contributed by atoms with E-state index in [2.05, 4.69) is 26.4 Å². The lowest BCUT2D eigenvalue weighted by molar-refractivity contribution is -0.150. The first-order valence-electron chi connectivity index (χ1n) is 9.61. The van der Waals surface area contributed by atoms with Crippen LogP contribution < -0.4 is 10.6 Å². The molecule has 8 nitrogen and oxygen atoms in total. The van der Waals surface area contributed by atoms with E-state index in [1.807, 2.05) is 0 Å². The number of amides is 2. The molecule has 0 fully saturated rings. The van der Waals surface area contributed by atoms with Crippen molar-refractivity contribution in [3.63, 3.8) is 0 Å². The average molecular weight is 429 g/mol. The highest BCUT2D eigenvalue weighted by molar-refractivity contribution is 7.13. The topological polar surface area (TPSA) is 121 Å². The maximum absolute atomic E-state index is 12.8. The van der Waals surface area contributed by atoms with Crippen molar-refractivity contribution in [1.29, 1.82) is 5.26 Å². The summed E-state index contributed by atoms with van der Waals surface area (Å²) in [5, 5.41) is 16.2. The first-order valence-corrected chi connectivity index (χ1v) is 10.5. The molecule has 30 heavy (non-hydrogen) atoms. The van der Waals surface area contributed by atoms with Gasteiger partial charge in [-0.3, -0.25) is 9.59 Å². The Labute approximate surface area is 179 Å². The molecule has 0 aliphatic carbocycles. The van der Waals surface area contributed by atoms with E-state index in [9.17, 15) is 14.4 Å². The molecule has 1 aromatic heterocycles. The van der Waals surface area contributed by atoms with Gasteiger partial charge < -0.3 is 15.4 Å². The maximum atomic E-state index is 12.8. The summed E-state index contributed by atoms with van der Waals surface area (Å²) in [6.45, 7) is 0. The van der Waals surface area contributed by atoms with Crippen molar-refractivity contribution in [2.45, 2.75) is 44.4 Å². The minimum atomic E-state index is -0.976. The second kappa shape index (κ2) is 12.3. The summed E-state index contributed by atoms with van der Waals surface area (Å²) in [4.78, 5) is 39.8. The number of anilines is 2. The van der Waals surface area contributed by atoms with Crippen LogP contribution in [-0.4, -0.2) is 29.9 Å². The third-order valence-electron chi connectivity index (χ3n) is 4.45. The van der Waals surface area contributed by atoms with E-state index in [0.29, 0.717) is 23.7 Å². The molecular weight excluding hydrogens is 404 g/mol. The zero-order chi connectivity index (χ0) is 21.8. The molecule has 0 bridgehead atoms. The zero-order valence-corrected chi connectivity index (χ0v) is 17.5. The van der Waals surface area contributed by atoms with Gasteiger partial charge in [-0.25, -0.2) is 9.78 Å². The number of ether oxygens (including phenoxy) is 1. The zero-order valence-electron chi connectivity index (χ0n) is 16.7. The fraction of sp³-hybridized carbons (Fsp3) is 0.381. The SMILES string of the molecule is COC(=O)C(=O)Nc1ccc(C(CCCCCCC#N)C(=O)Nc2nccs2)cc1. The van der Waals surface area contributed by atoms with E-state index < -0.39 is 11.9 Å². The third-order valence-corrected chi connectivity index (χ3v) is 5.14. The number of hydrogen-bond donors (Lipinski definition) is 2. The van der Waals surface area contributed by atoms with Gasteiger partial charge in [0.25, 0.3) is 0 Å². The number of nitriles is 1. The van der Waals surface area contributed by atoms with Gasteiger partial charge in [0.2, 0.25) is 5.91 Å². The fourth-order valence-electron chi connectivity index (χ4n) is 2.91. The summed E-state index contributed by atoms with van der Waals surface area (Å²) >= 11 is 1.35. The minimum Gasteiger partial charge on any atom is -0.462 e. The van der Waals surface area contributed by atoms with Crippen molar-refractivity contribution in [3.05, 3.63) is 41.4 Å². The lowest BCUT2D eigenvalue weighted by atomic mass is 9.92. The first-order chi connectivity index (χ1) is 14.5. The molecule has 9 heteroatoms. The highest BCUT2D eigenvalue weighted by Crippen LogP contribution is 2.26. The monoisotopic (exact) mass is 428 g/mol. The van der Waals surface area contributed by atoms with Crippen LogP contribution in [-0.2, 0) is 19.1 Å². The quantitative estimate of drug-likeness (QED) is 0.337. The van der Waals surface area contributed by atoms with Crippen molar-refractivity contribution in [1.82, 2.24) is 4.98 Å². The number of aromatic nitrogens is 1. The Kier molecular flexibility index (Phi) is 9.48. The van der Waals surface area contributed by atoms with Crippen LogP contribution in [0.25, 0.3) is 0 Å². The molecule has 1 atom stereocenters. The highest BCUT2D eigenvalue weighted by atomic mass is 32.1. The smallest absolute Gasteiger partial charge is 0.396 e. The molecule has 0 saturated carbocycles. The van der Waals surface area contributed by atoms with Gasteiger partial charge in [-0.1, -0.05) is 31.4 Å². The lowest BCUT2D eigenvalue weighted by Gasteiger charge is -2.17. The van der Waals surface area contributed by atoms with Gasteiger partial charge >= 0.3 is 11.9 Å². The third kappa shape index (κ3) is 7.29. The van der Waals surface area contributed by atoms with Crippen molar-refractivity contribution in [2.75, 3.05) is 17.7 Å². The van der Waals surface area contributed by atoms with Crippen molar-refractivity contribution in [2.24, 2.45) is 0 Å². The van der Waals surface area contributed by atoms with Crippen LogP contribution in [0.3, 0.4) is 0 Å². The Morgan fingerprint density at radius 3 is 2.50 bits per heavy atom. The average Bonchev–Trinajstić information content (AvgIpc) is 3.26. The van der Waals surface area contributed by atoms with E-state index >= 15 is 0 Å². The van der Waals surface area contributed by atoms with E-state index in [0.717, 1.165) is 38.4 Å². The number of nitrogens with one attached hydrogen (secondary N) is 2. The summed E-state index contributed by atoms with van der Waals surface area (Å²) < 4.78 is 4.38. The van der Waals surface area contributed by atoms with Crippen LogP contribution in [0.2, 0.25) is 0 Å². The van der Waals surface area contributed by atoms with E-state index in [1.54, 1.807) is 35.8 Å². The number of carbonyl (C=O) groups is 3. The molecule has 1 aromatic carbocycles. The summed E-state index contributed by atoms with van der Waals surface area (Å²) in [6.07, 6.45) is 6.43. The van der Waals surface area contributed by atoms with E-state index in [1.165, 1.54) is 11.3 Å². The second-order valence-corrected chi connectivity index (χ2v) is 7.45. The van der Waals surface area contributed by atoms with Gasteiger partial charge in [0, 0.05) is 23.7 Å². The first kappa shape index (κ1) is 23.0. The summed E-state index contributed by atoms with van der Waals surface area (Å²) in [5.74, 6) is -2.36. The summed E-state index contributed by atoms with van der Waals surface area (Å²) in [6, 6.07) is 8.95. The van der Waals surface area contributed by atoms with Crippen LogP contribution in [0, 0.1) is 11.3 Å². The summed E-state index contributed by atoms with van der Waals surface area (Å²) in [7, 11) is 1.14. The molecule has 0 radical (unpaired) electrons. The highest BCUT2D eigenvalue weighted by Gasteiger charge is 2.21. The van der Waals surface area contributed by atoms with Crippen LogP contribution in [0.1, 0.15) is 50.0 Å². The van der Waals surface area contributed by atoms with Gasteiger partial charge in [0.1, 0.15) is 0 Å². The maximum Gasteiger partial charge on any atom is 0.396 e. The lowest BCUT2D eigenvalue weighted by Crippen LogP contribution is -2.24. The van der Waals surface area contributed by atoms with Crippen molar-refractivity contribution < 1.29 is 19.1 Å². The molecule has 0 saturated heterocycles. The minimum absolute atomic E-state index is 0.145. The van der Waals surface area contributed by atoms with Crippen LogP contribution >= 0.6 is 11.3 Å².